The van der Waals surface area contributed by atoms with E-state index in [-0.39, 0.29) is 11.9 Å². The van der Waals surface area contributed by atoms with E-state index in [9.17, 15) is 4.79 Å². The second-order valence-electron chi connectivity index (χ2n) is 5.90. The van der Waals surface area contributed by atoms with E-state index >= 15 is 0 Å². The molecule has 1 unspecified atom stereocenters. The second-order valence-corrected chi connectivity index (χ2v) is 5.90. The van der Waals surface area contributed by atoms with Gasteiger partial charge in [-0.3, -0.25) is 9.78 Å². The van der Waals surface area contributed by atoms with Crippen LogP contribution in [0.4, 0.5) is 5.82 Å². The average molecular weight is 327 g/mol. The summed E-state index contributed by atoms with van der Waals surface area (Å²) in [5.41, 5.74) is 2.78. The summed E-state index contributed by atoms with van der Waals surface area (Å²) in [7, 11) is 0. The van der Waals surface area contributed by atoms with E-state index in [1.165, 1.54) is 0 Å². The number of hydrogen-bond donors (Lipinski definition) is 2. The minimum absolute atomic E-state index is 0.0489. The Bertz CT molecular complexity index is 687. The van der Waals surface area contributed by atoms with E-state index in [0.29, 0.717) is 18.8 Å². The second kappa shape index (κ2) is 8.38. The van der Waals surface area contributed by atoms with Gasteiger partial charge in [0.15, 0.2) is 5.82 Å². The Labute approximate surface area is 143 Å². The lowest BCUT2D eigenvalue weighted by Crippen LogP contribution is -2.33. The van der Waals surface area contributed by atoms with Gasteiger partial charge in [-0.15, -0.1) is 0 Å². The van der Waals surface area contributed by atoms with Gasteiger partial charge in [0.1, 0.15) is 5.82 Å². The topological polar surface area (TPSA) is 79.8 Å². The first-order valence-electron chi connectivity index (χ1n) is 8.30. The summed E-state index contributed by atoms with van der Waals surface area (Å²) in [6, 6.07) is 4.00. The molecule has 0 radical (unpaired) electrons. The van der Waals surface area contributed by atoms with Crippen LogP contribution in [0.25, 0.3) is 11.4 Å². The first-order chi connectivity index (χ1) is 11.5. The molecule has 2 rings (SSSR count). The molecular weight excluding hydrogens is 302 g/mol. The Morgan fingerprint density at radius 1 is 1.29 bits per heavy atom. The molecule has 6 nitrogen and oxygen atoms in total. The summed E-state index contributed by atoms with van der Waals surface area (Å²) in [4.78, 5) is 25.1. The Hall–Kier alpha value is -2.50. The molecule has 2 N–H and O–H groups in total. The molecule has 2 heterocycles. The number of pyridine rings is 1. The number of hydrogen-bond acceptors (Lipinski definition) is 5. The van der Waals surface area contributed by atoms with Crippen molar-refractivity contribution in [2.45, 2.75) is 46.6 Å². The number of aromatic nitrogens is 3. The molecular formula is C18H25N5O. The number of carbonyl (C=O) groups is 1. The van der Waals surface area contributed by atoms with Crippen LogP contribution in [0.5, 0.6) is 0 Å². The van der Waals surface area contributed by atoms with Crippen molar-refractivity contribution in [2.75, 3.05) is 11.9 Å². The zero-order valence-corrected chi connectivity index (χ0v) is 14.8. The summed E-state index contributed by atoms with van der Waals surface area (Å²) < 4.78 is 0. The molecule has 0 aliphatic heterocycles. The maximum Gasteiger partial charge on any atom is 0.221 e. The first-order valence-corrected chi connectivity index (χ1v) is 8.30. The van der Waals surface area contributed by atoms with Crippen LogP contribution >= 0.6 is 0 Å². The number of rotatable bonds is 7. The summed E-state index contributed by atoms with van der Waals surface area (Å²) in [6.45, 7) is 8.52. The van der Waals surface area contributed by atoms with Gasteiger partial charge in [0.2, 0.25) is 5.91 Å². The van der Waals surface area contributed by atoms with Crippen LogP contribution < -0.4 is 10.6 Å². The SMILES string of the molecule is CCC(C)NC(=O)CCNc1nc(-c2cccnc2)nc(C)c1C. The van der Waals surface area contributed by atoms with E-state index in [0.717, 1.165) is 29.1 Å². The number of nitrogens with zero attached hydrogens (tertiary/aromatic N) is 3. The first kappa shape index (κ1) is 17.8. The van der Waals surface area contributed by atoms with Gasteiger partial charge in [-0.25, -0.2) is 9.97 Å². The van der Waals surface area contributed by atoms with Crippen molar-refractivity contribution in [1.29, 1.82) is 0 Å². The largest absolute Gasteiger partial charge is 0.369 e. The lowest BCUT2D eigenvalue weighted by atomic mass is 10.2. The van der Waals surface area contributed by atoms with Crippen LogP contribution in [0, 0.1) is 13.8 Å². The minimum Gasteiger partial charge on any atom is -0.369 e. The predicted molar refractivity (Wildman–Crippen MR) is 95.7 cm³/mol. The molecule has 2 aromatic heterocycles. The van der Waals surface area contributed by atoms with E-state index in [4.69, 9.17) is 0 Å². The number of aryl methyl sites for hydroxylation is 1. The van der Waals surface area contributed by atoms with Gasteiger partial charge >= 0.3 is 0 Å². The van der Waals surface area contributed by atoms with E-state index in [1.54, 1.807) is 12.4 Å². The van der Waals surface area contributed by atoms with E-state index in [1.807, 2.05) is 32.9 Å². The lowest BCUT2D eigenvalue weighted by molar-refractivity contribution is -0.121. The summed E-state index contributed by atoms with van der Waals surface area (Å²) in [5, 5.41) is 6.21. The van der Waals surface area contributed by atoms with Gasteiger partial charge in [0.05, 0.1) is 0 Å². The van der Waals surface area contributed by atoms with Crippen molar-refractivity contribution in [2.24, 2.45) is 0 Å². The standard InChI is InChI=1S/C18H25N5O/c1-5-12(2)21-16(24)8-10-20-17-13(3)14(4)22-18(23-17)15-7-6-9-19-11-15/h6-7,9,11-12H,5,8,10H2,1-4H3,(H,21,24)(H,20,22,23). The molecule has 0 bridgehead atoms. The van der Waals surface area contributed by atoms with Gasteiger partial charge in [-0.1, -0.05) is 6.92 Å². The van der Waals surface area contributed by atoms with Crippen LogP contribution in [0.15, 0.2) is 24.5 Å². The molecule has 6 heteroatoms. The van der Waals surface area contributed by atoms with Crippen LogP contribution in [0.3, 0.4) is 0 Å². The molecule has 0 saturated heterocycles. The molecule has 24 heavy (non-hydrogen) atoms. The molecule has 0 aliphatic rings. The average Bonchev–Trinajstić information content (AvgIpc) is 2.59. The normalized spacial score (nSPS) is 11.8. The highest BCUT2D eigenvalue weighted by molar-refractivity contribution is 5.76. The molecule has 0 fully saturated rings. The minimum atomic E-state index is 0.0489. The van der Waals surface area contributed by atoms with Gasteiger partial charge in [-0.2, -0.15) is 0 Å². The Balaban J connectivity index is 2.05. The predicted octanol–water partition coefficient (Wildman–Crippen LogP) is 2.87. The van der Waals surface area contributed by atoms with Gasteiger partial charge in [0, 0.05) is 48.2 Å². The van der Waals surface area contributed by atoms with Crippen LogP contribution in [-0.4, -0.2) is 33.4 Å². The summed E-state index contributed by atoms with van der Waals surface area (Å²) >= 11 is 0. The van der Waals surface area contributed by atoms with Crippen LogP contribution in [0.2, 0.25) is 0 Å². The van der Waals surface area contributed by atoms with E-state index in [2.05, 4.69) is 32.5 Å². The number of amides is 1. The van der Waals surface area contributed by atoms with E-state index < -0.39 is 0 Å². The van der Waals surface area contributed by atoms with Crippen molar-refractivity contribution < 1.29 is 4.79 Å². The number of carbonyl (C=O) groups excluding carboxylic acids is 1. The molecule has 2 aromatic rings. The molecule has 0 saturated carbocycles. The third kappa shape index (κ3) is 4.75. The Kier molecular flexibility index (Phi) is 6.23. The Morgan fingerprint density at radius 3 is 2.75 bits per heavy atom. The summed E-state index contributed by atoms with van der Waals surface area (Å²) in [5.74, 6) is 1.45. The van der Waals surface area contributed by atoms with Gasteiger partial charge in [0.25, 0.3) is 0 Å². The zero-order valence-electron chi connectivity index (χ0n) is 14.8. The van der Waals surface area contributed by atoms with Crippen LogP contribution in [0.1, 0.15) is 37.9 Å². The maximum atomic E-state index is 11.9. The fraction of sp³-hybridized carbons (Fsp3) is 0.444. The van der Waals surface area contributed by atoms with Crippen molar-refractivity contribution in [3.63, 3.8) is 0 Å². The fourth-order valence-corrected chi connectivity index (χ4v) is 2.17. The highest BCUT2D eigenvalue weighted by atomic mass is 16.1. The van der Waals surface area contributed by atoms with Crippen molar-refractivity contribution in [3.8, 4) is 11.4 Å². The zero-order chi connectivity index (χ0) is 17.5. The third-order valence-corrected chi connectivity index (χ3v) is 3.97. The van der Waals surface area contributed by atoms with Crippen molar-refractivity contribution in [1.82, 2.24) is 20.3 Å². The highest BCUT2D eigenvalue weighted by Crippen LogP contribution is 2.20. The van der Waals surface area contributed by atoms with Crippen LogP contribution in [-0.2, 0) is 4.79 Å². The molecule has 0 aliphatic carbocycles. The lowest BCUT2D eigenvalue weighted by Gasteiger charge is -2.14. The molecule has 1 atom stereocenters. The summed E-state index contributed by atoms with van der Waals surface area (Å²) in [6.07, 6.45) is 4.81. The quantitative estimate of drug-likeness (QED) is 0.817. The van der Waals surface area contributed by atoms with Crippen molar-refractivity contribution in [3.05, 3.63) is 35.8 Å². The van der Waals surface area contributed by atoms with Gasteiger partial charge in [-0.05, 0) is 39.3 Å². The maximum absolute atomic E-state index is 11.9. The Morgan fingerprint density at radius 2 is 2.08 bits per heavy atom. The molecule has 0 spiro atoms. The molecule has 128 valence electrons. The number of anilines is 1. The van der Waals surface area contributed by atoms with Crippen molar-refractivity contribution >= 4 is 11.7 Å². The number of nitrogens with one attached hydrogen (secondary N) is 2. The monoisotopic (exact) mass is 327 g/mol. The highest BCUT2D eigenvalue weighted by Gasteiger charge is 2.11. The smallest absolute Gasteiger partial charge is 0.221 e. The molecule has 0 aromatic carbocycles. The van der Waals surface area contributed by atoms with Gasteiger partial charge < -0.3 is 10.6 Å². The molecule has 1 amide bonds. The third-order valence-electron chi connectivity index (χ3n) is 3.97. The fourth-order valence-electron chi connectivity index (χ4n) is 2.17.